The fraction of sp³-hybridized carbons (Fsp3) is 0.889. The van der Waals surface area contributed by atoms with Gasteiger partial charge in [0.05, 0.1) is 6.10 Å². The lowest BCUT2D eigenvalue weighted by Crippen LogP contribution is -2.30. The number of carbonyl (C=O) groups excluding carboxylic acids is 1. The first-order valence-corrected chi connectivity index (χ1v) is 4.85. The van der Waals surface area contributed by atoms with Gasteiger partial charge >= 0.3 is 0 Å². The van der Waals surface area contributed by atoms with Crippen molar-refractivity contribution < 1.29 is 9.90 Å². The van der Waals surface area contributed by atoms with E-state index < -0.39 is 0 Å². The lowest BCUT2D eigenvalue weighted by atomic mass is 10.2. The van der Waals surface area contributed by atoms with Gasteiger partial charge in [0.2, 0.25) is 5.91 Å². The highest BCUT2D eigenvalue weighted by Crippen LogP contribution is 1.99. The minimum absolute atomic E-state index is 0.138. The van der Waals surface area contributed by atoms with Crippen LogP contribution in [0.2, 0.25) is 0 Å². The van der Waals surface area contributed by atoms with E-state index in [1.807, 2.05) is 0 Å². The molecule has 1 fully saturated rings. The SMILES string of the molecule is CC(O)CCN1CCNC(=O)CC1. The second-order valence-corrected chi connectivity index (χ2v) is 3.58. The summed E-state index contributed by atoms with van der Waals surface area (Å²) in [6.45, 7) is 5.13. The molecular weight excluding hydrogens is 168 g/mol. The lowest BCUT2D eigenvalue weighted by molar-refractivity contribution is -0.120. The van der Waals surface area contributed by atoms with Gasteiger partial charge in [0.1, 0.15) is 0 Å². The molecule has 0 aliphatic carbocycles. The Balaban J connectivity index is 2.22. The number of aliphatic hydroxyl groups excluding tert-OH is 1. The van der Waals surface area contributed by atoms with Gasteiger partial charge in [0.15, 0.2) is 0 Å². The van der Waals surface area contributed by atoms with Crippen LogP contribution in [-0.2, 0) is 4.79 Å². The molecule has 13 heavy (non-hydrogen) atoms. The Morgan fingerprint density at radius 1 is 1.62 bits per heavy atom. The molecule has 0 spiro atoms. The summed E-state index contributed by atoms with van der Waals surface area (Å²) in [7, 11) is 0. The Morgan fingerprint density at radius 2 is 2.38 bits per heavy atom. The first kappa shape index (κ1) is 10.5. The fourth-order valence-corrected chi connectivity index (χ4v) is 1.41. The first-order chi connectivity index (χ1) is 6.18. The molecule has 1 rings (SSSR count). The van der Waals surface area contributed by atoms with Crippen LogP contribution in [-0.4, -0.2) is 48.2 Å². The molecule has 0 aromatic carbocycles. The van der Waals surface area contributed by atoms with Gasteiger partial charge < -0.3 is 15.3 Å². The maximum atomic E-state index is 11.0. The molecule has 0 saturated carbocycles. The van der Waals surface area contributed by atoms with Crippen LogP contribution in [0.1, 0.15) is 19.8 Å². The molecule has 4 nitrogen and oxygen atoms in total. The van der Waals surface area contributed by atoms with Crippen LogP contribution >= 0.6 is 0 Å². The van der Waals surface area contributed by atoms with Crippen LogP contribution in [0.4, 0.5) is 0 Å². The van der Waals surface area contributed by atoms with E-state index >= 15 is 0 Å². The molecule has 0 aromatic rings. The molecular formula is C9H18N2O2. The molecule has 4 heteroatoms. The van der Waals surface area contributed by atoms with Crippen molar-refractivity contribution in [3.63, 3.8) is 0 Å². The highest BCUT2D eigenvalue weighted by molar-refractivity contribution is 5.76. The molecule has 76 valence electrons. The lowest BCUT2D eigenvalue weighted by Gasteiger charge is -2.19. The van der Waals surface area contributed by atoms with Crippen molar-refractivity contribution in [1.82, 2.24) is 10.2 Å². The number of hydrogen-bond donors (Lipinski definition) is 2. The van der Waals surface area contributed by atoms with Crippen LogP contribution in [0, 0.1) is 0 Å². The van der Waals surface area contributed by atoms with Gasteiger partial charge in [0, 0.05) is 32.6 Å². The zero-order chi connectivity index (χ0) is 9.68. The number of rotatable bonds is 3. The minimum Gasteiger partial charge on any atom is -0.393 e. The average molecular weight is 186 g/mol. The Labute approximate surface area is 78.9 Å². The standard InChI is InChI=1S/C9H18N2O2/c1-8(12)2-5-11-6-3-9(13)10-4-7-11/h8,12H,2-7H2,1H3,(H,10,13). The van der Waals surface area contributed by atoms with E-state index in [1.54, 1.807) is 6.92 Å². The molecule has 0 bridgehead atoms. The van der Waals surface area contributed by atoms with Crippen molar-refractivity contribution in [3.8, 4) is 0 Å². The van der Waals surface area contributed by atoms with Crippen LogP contribution in [0.3, 0.4) is 0 Å². The van der Waals surface area contributed by atoms with Crippen LogP contribution in [0.15, 0.2) is 0 Å². The third kappa shape index (κ3) is 4.24. The van der Waals surface area contributed by atoms with E-state index in [0.717, 1.165) is 32.6 Å². The second-order valence-electron chi connectivity index (χ2n) is 3.58. The number of aliphatic hydroxyl groups is 1. The van der Waals surface area contributed by atoms with Crippen molar-refractivity contribution in [3.05, 3.63) is 0 Å². The molecule has 1 atom stereocenters. The van der Waals surface area contributed by atoms with Crippen molar-refractivity contribution in [2.24, 2.45) is 0 Å². The topological polar surface area (TPSA) is 52.6 Å². The number of nitrogens with one attached hydrogen (secondary N) is 1. The van der Waals surface area contributed by atoms with Gasteiger partial charge in [-0.1, -0.05) is 0 Å². The summed E-state index contributed by atoms with van der Waals surface area (Å²) < 4.78 is 0. The highest BCUT2D eigenvalue weighted by atomic mass is 16.3. The van der Waals surface area contributed by atoms with Crippen LogP contribution in [0.25, 0.3) is 0 Å². The molecule has 1 aliphatic heterocycles. The highest BCUT2D eigenvalue weighted by Gasteiger charge is 2.12. The molecule has 1 saturated heterocycles. The van der Waals surface area contributed by atoms with Crippen molar-refractivity contribution >= 4 is 5.91 Å². The Kier molecular flexibility index (Phi) is 4.18. The normalized spacial score (nSPS) is 22.2. The molecule has 0 radical (unpaired) electrons. The minimum atomic E-state index is -0.244. The molecule has 2 N–H and O–H groups in total. The van der Waals surface area contributed by atoms with E-state index in [4.69, 9.17) is 5.11 Å². The fourth-order valence-electron chi connectivity index (χ4n) is 1.41. The molecule has 1 amide bonds. The quantitative estimate of drug-likeness (QED) is 0.629. The maximum absolute atomic E-state index is 11.0. The smallest absolute Gasteiger partial charge is 0.221 e. The second kappa shape index (κ2) is 5.19. The summed E-state index contributed by atoms with van der Waals surface area (Å²) in [4.78, 5) is 13.2. The molecule has 1 unspecified atom stereocenters. The zero-order valence-electron chi connectivity index (χ0n) is 8.12. The first-order valence-electron chi connectivity index (χ1n) is 4.85. The average Bonchev–Trinajstić information content (AvgIpc) is 2.27. The number of nitrogens with zero attached hydrogens (tertiary/aromatic N) is 1. The molecule has 0 aromatic heterocycles. The number of hydrogen-bond acceptors (Lipinski definition) is 3. The third-order valence-electron chi connectivity index (χ3n) is 2.27. The predicted molar refractivity (Wildman–Crippen MR) is 50.4 cm³/mol. The van der Waals surface area contributed by atoms with Gasteiger partial charge in [-0.3, -0.25) is 4.79 Å². The van der Waals surface area contributed by atoms with Gasteiger partial charge in [-0.05, 0) is 13.3 Å². The van der Waals surface area contributed by atoms with Gasteiger partial charge in [0.25, 0.3) is 0 Å². The van der Waals surface area contributed by atoms with Crippen molar-refractivity contribution in [2.75, 3.05) is 26.2 Å². The van der Waals surface area contributed by atoms with Crippen LogP contribution in [0.5, 0.6) is 0 Å². The van der Waals surface area contributed by atoms with E-state index in [2.05, 4.69) is 10.2 Å². The van der Waals surface area contributed by atoms with E-state index in [0.29, 0.717) is 6.42 Å². The van der Waals surface area contributed by atoms with Crippen LogP contribution < -0.4 is 5.32 Å². The summed E-state index contributed by atoms with van der Waals surface area (Å²) in [6, 6.07) is 0. The summed E-state index contributed by atoms with van der Waals surface area (Å²) in [5.74, 6) is 0.138. The van der Waals surface area contributed by atoms with E-state index in [1.165, 1.54) is 0 Å². The Hall–Kier alpha value is -0.610. The predicted octanol–water partition coefficient (Wildman–Crippen LogP) is -0.421. The summed E-state index contributed by atoms with van der Waals surface area (Å²) in [5.41, 5.74) is 0. The van der Waals surface area contributed by atoms with E-state index in [9.17, 15) is 4.79 Å². The van der Waals surface area contributed by atoms with Crippen molar-refractivity contribution in [2.45, 2.75) is 25.9 Å². The Bertz CT molecular complexity index is 171. The largest absolute Gasteiger partial charge is 0.393 e. The Morgan fingerprint density at radius 3 is 3.08 bits per heavy atom. The van der Waals surface area contributed by atoms with Crippen molar-refractivity contribution in [1.29, 1.82) is 0 Å². The van der Waals surface area contributed by atoms with Gasteiger partial charge in [-0.25, -0.2) is 0 Å². The molecule has 1 heterocycles. The number of amides is 1. The van der Waals surface area contributed by atoms with E-state index in [-0.39, 0.29) is 12.0 Å². The third-order valence-corrected chi connectivity index (χ3v) is 2.27. The monoisotopic (exact) mass is 186 g/mol. The van der Waals surface area contributed by atoms with Gasteiger partial charge in [-0.15, -0.1) is 0 Å². The summed E-state index contributed by atoms with van der Waals surface area (Å²) in [5, 5.41) is 11.9. The summed E-state index contributed by atoms with van der Waals surface area (Å²) >= 11 is 0. The maximum Gasteiger partial charge on any atom is 0.221 e. The summed E-state index contributed by atoms with van der Waals surface area (Å²) in [6.07, 6.45) is 1.13. The zero-order valence-corrected chi connectivity index (χ0v) is 8.12. The van der Waals surface area contributed by atoms with Gasteiger partial charge in [-0.2, -0.15) is 0 Å². The number of carbonyl (C=O) groups is 1. The molecule has 1 aliphatic rings.